The zero-order valence-electron chi connectivity index (χ0n) is 17.5. The van der Waals surface area contributed by atoms with E-state index in [9.17, 15) is 14.0 Å². The Labute approximate surface area is 184 Å². The van der Waals surface area contributed by atoms with E-state index in [0.717, 1.165) is 12.8 Å². The Morgan fingerprint density at radius 3 is 2.71 bits per heavy atom. The maximum atomic E-state index is 14.9. The summed E-state index contributed by atoms with van der Waals surface area (Å²) >= 11 is 5.39. The molecule has 166 valence electrons. The summed E-state index contributed by atoms with van der Waals surface area (Å²) in [6, 6.07) is 4.98. The number of benzene rings is 1. The first-order valence-electron chi connectivity index (χ1n) is 10.2. The van der Waals surface area contributed by atoms with Crippen LogP contribution in [0.2, 0.25) is 0 Å². The van der Waals surface area contributed by atoms with Crippen molar-refractivity contribution < 1.29 is 18.7 Å². The summed E-state index contributed by atoms with van der Waals surface area (Å²) in [5.74, 6) is -0.581. The molecule has 31 heavy (non-hydrogen) atoms. The molecule has 0 radical (unpaired) electrons. The summed E-state index contributed by atoms with van der Waals surface area (Å²) in [6.45, 7) is 3.26. The highest BCUT2D eigenvalue weighted by atomic mass is 32.1. The third kappa shape index (κ3) is 4.41. The molecular formula is C20H25FN6O3S. The predicted molar refractivity (Wildman–Crippen MR) is 115 cm³/mol. The molecule has 2 saturated heterocycles. The SMILES string of the molecule is CC(=O)NCC1CN(c2ccc(N3CCC(n4ncn(C)c4=S)CC3)c(F)c2)C(=O)O1. The van der Waals surface area contributed by atoms with Gasteiger partial charge in [0.25, 0.3) is 0 Å². The molecule has 1 unspecified atom stereocenters. The highest BCUT2D eigenvalue weighted by Crippen LogP contribution is 2.31. The van der Waals surface area contributed by atoms with E-state index < -0.39 is 12.2 Å². The number of aromatic nitrogens is 3. The molecule has 0 spiro atoms. The largest absolute Gasteiger partial charge is 0.442 e. The van der Waals surface area contributed by atoms with Crippen molar-refractivity contribution in [3.05, 3.63) is 35.1 Å². The number of hydrogen-bond donors (Lipinski definition) is 1. The summed E-state index contributed by atoms with van der Waals surface area (Å²) < 4.78 is 24.5. The maximum Gasteiger partial charge on any atom is 0.414 e. The van der Waals surface area contributed by atoms with Gasteiger partial charge < -0.3 is 19.5 Å². The zero-order chi connectivity index (χ0) is 22.1. The van der Waals surface area contributed by atoms with E-state index in [2.05, 4.69) is 10.4 Å². The lowest BCUT2D eigenvalue weighted by Gasteiger charge is -2.34. The van der Waals surface area contributed by atoms with E-state index >= 15 is 0 Å². The Morgan fingerprint density at radius 2 is 2.10 bits per heavy atom. The molecule has 0 saturated carbocycles. The van der Waals surface area contributed by atoms with Crippen molar-refractivity contribution in [1.29, 1.82) is 0 Å². The minimum absolute atomic E-state index is 0.195. The van der Waals surface area contributed by atoms with Crippen LogP contribution in [0, 0.1) is 10.6 Å². The molecule has 2 amide bonds. The van der Waals surface area contributed by atoms with Gasteiger partial charge in [-0.25, -0.2) is 13.9 Å². The van der Waals surface area contributed by atoms with Crippen molar-refractivity contribution in [1.82, 2.24) is 19.7 Å². The predicted octanol–water partition coefficient (Wildman–Crippen LogP) is 2.39. The zero-order valence-corrected chi connectivity index (χ0v) is 18.3. The molecule has 2 aliphatic heterocycles. The lowest BCUT2D eigenvalue weighted by atomic mass is 10.0. The number of aryl methyl sites for hydroxylation is 1. The van der Waals surface area contributed by atoms with Crippen LogP contribution in [0.15, 0.2) is 24.5 Å². The van der Waals surface area contributed by atoms with E-state index in [0.29, 0.717) is 29.2 Å². The van der Waals surface area contributed by atoms with Gasteiger partial charge in [-0.15, -0.1) is 0 Å². The molecule has 4 rings (SSSR count). The van der Waals surface area contributed by atoms with Gasteiger partial charge in [-0.1, -0.05) is 0 Å². The minimum atomic E-state index is -0.546. The number of nitrogens with zero attached hydrogens (tertiary/aromatic N) is 5. The number of carbonyl (C=O) groups excluding carboxylic acids is 2. The van der Waals surface area contributed by atoms with Crippen LogP contribution in [0.4, 0.5) is 20.6 Å². The highest BCUT2D eigenvalue weighted by molar-refractivity contribution is 7.71. The average molecular weight is 449 g/mol. The number of nitrogens with one attached hydrogen (secondary N) is 1. The number of ether oxygens (including phenoxy) is 1. The maximum absolute atomic E-state index is 14.9. The number of piperidine rings is 1. The lowest BCUT2D eigenvalue weighted by molar-refractivity contribution is -0.119. The highest BCUT2D eigenvalue weighted by Gasteiger charge is 2.33. The third-order valence-corrected chi connectivity index (χ3v) is 6.17. The van der Waals surface area contributed by atoms with E-state index in [1.807, 2.05) is 21.2 Å². The summed E-state index contributed by atoms with van der Waals surface area (Å²) in [4.78, 5) is 26.6. The van der Waals surface area contributed by atoms with Crippen LogP contribution in [-0.4, -0.2) is 58.6 Å². The van der Waals surface area contributed by atoms with Gasteiger partial charge in [-0.3, -0.25) is 9.69 Å². The van der Waals surface area contributed by atoms with Gasteiger partial charge in [0.2, 0.25) is 5.91 Å². The number of cyclic esters (lactones) is 1. The van der Waals surface area contributed by atoms with Crippen molar-refractivity contribution in [3.8, 4) is 0 Å². The minimum Gasteiger partial charge on any atom is -0.442 e. The average Bonchev–Trinajstić information content (AvgIpc) is 3.28. The van der Waals surface area contributed by atoms with E-state index in [1.165, 1.54) is 17.9 Å². The Hall–Kier alpha value is -2.95. The molecule has 0 aliphatic carbocycles. The Kier molecular flexibility index (Phi) is 5.94. The molecule has 1 aromatic carbocycles. The van der Waals surface area contributed by atoms with Crippen LogP contribution in [0.3, 0.4) is 0 Å². The molecule has 2 aromatic rings. The molecule has 1 atom stereocenters. The fourth-order valence-electron chi connectivity index (χ4n) is 4.01. The van der Waals surface area contributed by atoms with Crippen LogP contribution in [0.5, 0.6) is 0 Å². The van der Waals surface area contributed by atoms with E-state index in [-0.39, 0.29) is 30.9 Å². The molecule has 3 heterocycles. The number of carbonyl (C=O) groups is 2. The summed E-state index contributed by atoms with van der Waals surface area (Å²) in [5.41, 5.74) is 0.945. The number of rotatable bonds is 5. The van der Waals surface area contributed by atoms with Crippen molar-refractivity contribution in [2.24, 2.45) is 7.05 Å². The van der Waals surface area contributed by atoms with Gasteiger partial charge >= 0.3 is 6.09 Å². The fraction of sp³-hybridized carbons (Fsp3) is 0.500. The fourth-order valence-corrected chi connectivity index (χ4v) is 4.26. The smallest absolute Gasteiger partial charge is 0.414 e. The summed E-state index contributed by atoms with van der Waals surface area (Å²) in [7, 11) is 1.87. The van der Waals surface area contributed by atoms with Crippen LogP contribution in [0.25, 0.3) is 0 Å². The Balaban J connectivity index is 1.40. The van der Waals surface area contributed by atoms with Gasteiger partial charge in [0.05, 0.1) is 30.5 Å². The van der Waals surface area contributed by atoms with Crippen LogP contribution in [0.1, 0.15) is 25.8 Å². The molecule has 11 heteroatoms. The van der Waals surface area contributed by atoms with Gasteiger partial charge in [-0.2, -0.15) is 5.10 Å². The molecular weight excluding hydrogens is 423 g/mol. The second kappa shape index (κ2) is 8.66. The van der Waals surface area contributed by atoms with Crippen molar-refractivity contribution in [2.45, 2.75) is 31.9 Å². The molecule has 1 N–H and O–H groups in total. The van der Waals surface area contributed by atoms with Crippen molar-refractivity contribution >= 4 is 35.6 Å². The normalized spacial score (nSPS) is 19.6. The van der Waals surface area contributed by atoms with Crippen LogP contribution in [-0.2, 0) is 16.6 Å². The van der Waals surface area contributed by atoms with Crippen molar-refractivity contribution in [3.63, 3.8) is 0 Å². The first kappa shape index (κ1) is 21.3. The number of hydrogen-bond acceptors (Lipinski definition) is 6. The quantitative estimate of drug-likeness (QED) is 0.707. The van der Waals surface area contributed by atoms with E-state index in [4.69, 9.17) is 17.0 Å². The molecule has 1 aromatic heterocycles. The van der Waals surface area contributed by atoms with Gasteiger partial charge in [-0.05, 0) is 43.3 Å². The third-order valence-electron chi connectivity index (χ3n) is 5.69. The lowest BCUT2D eigenvalue weighted by Crippen LogP contribution is -2.35. The summed E-state index contributed by atoms with van der Waals surface area (Å²) in [5, 5.41) is 6.98. The van der Waals surface area contributed by atoms with Crippen LogP contribution >= 0.6 is 12.2 Å². The standard InChI is InChI=1S/C20H25FN6O3S/c1-13(28)22-10-16-11-26(20(29)30-16)15-3-4-18(17(21)9-15)25-7-5-14(6-8-25)27-19(31)24(2)12-23-27/h3-4,9,12,14,16H,5-8,10-11H2,1-2H3,(H,22,28). The van der Waals surface area contributed by atoms with Crippen molar-refractivity contribution in [2.75, 3.05) is 36.0 Å². The second-order valence-corrected chi connectivity index (χ2v) is 8.24. The first-order valence-corrected chi connectivity index (χ1v) is 10.6. The van der Waals surface area contributed by atoms with E-state index in [1.54, 1.807) is 18.5 Å². The number of amides is 2. The first-order chi connectivity index (χ1) is 14.8. The molecule has 9 nitrogen and oxygen atoms in total. The Bertz CT molecular complexity index is 1050. The topological polar surface area (TPSA) is 84.6 Å². The Morgan fingerprint density at radius 1 is 1.35 bits per heavy atom. The number of halogens is 1. The van der Waals surface area contributed by atoms with Crippen LogP contribution < -0.4 is 15.1 Å². The molecule has 0 bridgehead atoms. The van der Waals surface area contributed by atoms with Gasteiger partial charge in [0.1, 0.15) is 18.2 Å². The molecule has 2 aliphatic rings. The van der Waals surface area contributed by atoms with Gasteiger partial charge in [0, 0.05) is 27.1 Å². The number of anilines is 2. The van der Waals surface area contributed by atoms with Gasteiger partial charge in [0.15, 0.2) is 4.77 Å². The summed E-state index contributed by atoms with van der Waals surface area (Å²) in [6.07, 6.45) is 2.33. The second-order valence-electron chi connectivity index (χ2n) is 7.88. The monoisotopic (exact) mass is 448 g/mol. The molecule has 2 fully saturated rings.